The van der Waals surface area contributed by atoms with Crippen molar-refractivity contribution < 1.29 is 17.7 Å². The number of nitrogens with zero attached hydrogens (tertiary/aromatic N) is 4. The Bertz CT molecular complexity index is 1490. The molecule has 5 aromatic rings. The van der Waals surface area contributed by atoms with Gasteiger partial charge in [0.15, 0.2) is 44.7 Å². The molecule has 2 aromatic heterocycles. The second-order valence-corrected chi connectivity index (χ2v) is 6.29. The highest BCUT2D eigenvalue weighted by Gasteiger charge is 2.14. The Balaban J connectivity index is 1.83. The molecule has 0 unspecified atom stereocenters. The molecular weight excluding hydrogens is 384 g/mol. The van der Waals surface area contributed by atoms with Crippen LogP contribution in [0.1, 0.15) is 22.3 Å². The number of hydrogen-bond donors (Lipinski definition) is 0. The summed E-state index contributed by atoms with van der Waals surface area (Å²) in [5.41, 5.74) is 3.18. The van der Waals surface area contributed by atoms with E-state index in [-0.39, 0.29) is 22.3 Å². The third-order valence-electron chi connectivity index (χ3n) is 4.54. The summed E-state index contributed by atoms with van der Waals surface area (Å²) < 4.78 is 23.4. The summed E-state index contributed by atoms with van der Waals surface area (Å²) in [5.74, 6) is 0. The van der Waals surface area contributed by atoms with Crippen LogP contribution in [0.4, 0.5) is 0 Å². The van der Waals surface area contributed by atoms with Gasteiger partial charge in [0.25, 0.3) is 0 Å². The van der Waals surface area contributed by atoms with Crippen LogP contribution in [0.3, 0.4) is 0 Å². The molecule has 138 valence electrons. The molecule has 0 saturated heterocycles. The highest BCUT2D eigenvalue weighted by Crippen LogP contribution is 2.32. The summed E-state index contributed by atoms with van der Waals surface area (Å²) in [4.78, 5) is 0. The number of hydrogen-bond acceptors (Lipinski definition) is 8. The fourth-order valence-electron chi connectivity index (χ4n) is 3.12. The van der Waals surface area contributed by atoms with Crippen LogP contribution in [-0.2, 0) is 0 Å². The van der Waals surface area contributed by atoms with Crippen LogP contribution in [0.15, 0.2) is 54.1 Å². The van der Waals surface area contributed by atoms with Gasteiger partial charge in [-0.25, -0.2) is 0 Å². The maximum absolute atomic E-state index is 9.20. The van der Waals surface area contributed by atoms with Gasteiger partial charge in [-0.2, -0.15) is 21.0 Å². The van der Waals surface area contributed by atoms with Crippen molar-refractivity contribution in [1.82, 2.24) is 0 Å². The first kappa shape index (κ1) is 17.0. The topological polar surface area (TPSA) is 148 Å². The van der Waals surface area contributed by atoms with Crippen molar-refractivity contribution in [1.29, 1.82) is 21.0 Å². The first-order valence-electron chi connectivity index (χ1n) is 8.49. The molecule has 0 aliphatic carbocycles. The van der Waals surface area contributed by atoms with Crippen LogP contribution in [-0.4, -0.2) is 0 Å². The van der Waals surface area contributed by atoms with Crippen LogP contribution >= 0.6 is 0 Å². The lowest BCUT2D eigenvalue weighted by atomic mass is 10.1. The molecule has 0 amide bonds. The van der Waals surface area contributed by atoms with Crippen molar-refractivity contribution >= 4 is 44.7 Å². The minimum Gasteiger partial charge on any atom is -0.449 e. The molecule has 5 rings (SSSR count). The molecule has 0 aliphatic rings. The number of benzene rings is 3. The van der Waals surface area contributed by atoms with Gasteiger partial charge in [-0.3, -0.25) is 0 Å². The quantitative estimate of drug-likeness (QED) is 0.324. The molecule has 0 N–H and O–H groups in total. The molecule has 30 heavy (non-hydrogen) atoms. The highest BCUT2D eigenvalue weighted by atomic mass is 16.4. The maximum Gasteiger partial charge on any atom is 0.174 e. The monoisotopic (exact) mass is 390 g/mol. The molecule has 0 aliphatic heterocycles. The van der Waals surface area contributed by atoms with E-state index in [1.807, 2.05) is 24.3 Å². The average molecular weight is 390 g/mol. The Labute approximate surface area is 166 Å². The molecule has 0 fully saturated rings. The van der Waals surface area contributed by atoms with E-state index in [9.17, 15) is 21.0 Å². The molecule has 2 heterocycles. The minimum atomic E-state index is 0.173. The Morgan fingerprint density at radius 2 is 0.567 bits per heavy atom. The van der Waals surface area contributed by atoms with E-state index in [4.69, 9.17) is 17.7 Å². The van der Waals surface area contributed by atoms with Crippen LogP contribution in [0.2, 0.25) is 0 Å². The molecule has 0 bridgehead atoms. The summed E-state index contributed by atoms with van der Waals surface area (Å²) >= 11 is 0. The van der Waals surface area contributed by atoms with E-state index in [1.54, 1.807) is 12.1 Å². The third kappa shape index (κ3) is 2.43. The summed E-state index contributed by atoms with van der Waals surface area (Å²) in [6.07, 6.45) is 0. The van der Waals surface area contributed by atoms with Crippen molar-refractivity contribution in [3.63, 3.8) is 0 Å². The maximum atomic E-state index is 9.20. The van der Waals surface area contributed by atoms with Gasteiger partial charge in [-0.15, -0.1) is 0 Å². The van der Waals surface area contributed by atoms with Gasteiger partial charge in [-0.1, -0.05) is 0 Å². The lowest BCUT2D eigenvalue weighted by Crippen LogP contribution is -1.87. The Kier molecular flexibility index (Phi) is 3.49. The normalized spacial score (nSPS) is 10.5. The molecular formula is C22H6N4O4. The average Bonchev–Trinajstić information content (AvgIpc) is 2.78. The van der Waals surface area contributed by atoms with Crippen molar-refractivity contribution in [2.75, 3.05) is 0 Å². The lowest BCUT2D eigenvalue weighted by Gasteiger charge is -2.06. The van der Waals surface area contributed by atoms with Gasteiger partial charge in [0.2, 0.25) is 0 Å². The Hall–Kier alpha value is -5.18. The van der Waals surface area contributed by atoms with Gasteiger partial charge in [0, 0.05) is 36.4 Å². The van der Waals surface area contributed by atoms with Gasteiger partial charge in [0.1, 0.15) is 24.3 Å². The summed E-state index contributed by atoms with van der Waals surface area (Å²) in [7, 11) is 0. The van der Waals surface area contributed by atoms with Crippen molar-refractivity contribution in [3.8, 4) is 24.3 Å². The van der Waals surface area contributed by atoms with Gasteiger partial charge in [-0.05, 0) is 0 Å². The predicted molar refractivity (Wildman–Crippen MR) is 102 cm³/mol. The van der Waals surface area contributed by atoms with E-state index in [0.717, 1.165) is 0 Å². The van der Waals surface area contributed by atoms with Gasteiger partial charge in [0.05, 0.1) is 22.3 Å². The second-order valence-electron chi connectivity index (χ2n) is 6.29. The van der Waals surface area contributed by atoms with Gasteiger partial charge < -0.3 is 17.7 Å². The lowest BCUT2D eigenvalue weighted by molar-refractivity contribution is 0.564. The zero-order chi connectivity index (χ0) is 20.8. The minimum absolute atomic E-state index is 0.173. The molecule has 0 radical (unpaired) electrons. The van der Waals surface area contributed by atoms with E-state index in [1.165, 1.54) is 24.3 Å². The number of fused-ring (bicyclic) bond motifs is 4. The second kappa shape index (κ2) is 6.17. The Morgan fingerprint density at radius 1 is 0.367 bits per heavy atom. The number of rotatable bonds is 0. The van der Waals surface area contributed by atoms with Gasteiger partial charge >= 0.3 is 0 Å². The summed E-state index contributed by atoms with van der Waals surface area (Å²) in [6, 6.07) is 16.7. The first-order valence-corrected chi connectivity index (χ1v) is 8.49. The smallest absolute Gasteiger partial charge is 0.174 e. The van der Waals surface area contributed by atoms with E-state index < -0.39 is 0 Å². The summed E-state index contributed by atoms with van der Waals surface area (Å²) in [5, 5.41) is 36.8. The first-order chi connectivity index (χ1) is 14.6. The zero-order valence-electron chi connectivity index (χ0n) is 14.9. The fourth-order valence-corrected chi connectivity index (χ4v) is 3.12. The van der Waals surface area contributed by atoms with E-state index in [0.29, 0.717) is 44.7 Å². The molecule has 8 heteroatoms. The van der Waals surface area contributed by atoms with Crippen molar-refractivity contribution in [3.05, 3.63) is 58.7 Å². The highest BCUT2D eigenvalue weighted by molar-refractivity contribution is 5.91. The molecule has 0 saturated carbocycles. The molecule has 8 nitrogen and oxygen atoms in total. The Morgan fingerprint density at radius 3 is 0.767 bits per heavy atom. The molecule has 3 aromatic carbocycles. The largest absolute Gasteiger partial charge is 0.449 e. The van der Waals surface area contributed by atoms with E-state index >= 15 is 0 Å². The van der Waals surface area contributed by atoms with Crippen LogP contribution in [0.5, 0.6) is 0 Å². The van der Waals surface area contributed by atoms with Crippen LogP contribution < -0.4 is 0 Å². The third-order valence-corrected chi connectivity index (χ3v) is 4.54. The zero-order valence-corrected chi connectivity index (χ0v) is 14.9. The standard InChI is InChI=1S/C22H6N4O4/c23-7-11-1-15-16(2-12(11)8-24)28-20-6-22-21(5-19(20)27-15)29-17-3-13(9-25)14(10-26)4-18(17)30-22/h1-6H. The predicted octanol–water partition coefficient (Wildman–Crippen LogP) is 5.28. The van der Waals surface area contributed by atoms with E-state index in [2.05, 4.69) is 0 Å². The van der Waals surface area contributed by atoms with Crippen LogP contribution in [0.25, 0.3) is 44.7 Å². The molecule has 0 atom stereocenters. The SMILES string of the molecule is N#Cc1cc2oc3cc4oc5cc(C#N)c(C#N)cc5oc4cc3oc2cc1C#N. The van der Waals surface area contributed by atoms with Crippen molar-refractivity contribution in [2.45, 2.75) is 0 Å². The summed E-state index contributed by atoms with van der Waals surface area (Å²) in [6.45, 7) is 0. The number of nitriles is 4. The van der Waals surface area contributed by atoms with Crippen LogP contribution in [0, 0.1) is 45.3 Å². The van der Waals surface area contributed by atoms with Crippen molar-refractivity contribution in [2.24, 2.45) is 0 Å². The fraction of sp³-hybridized carbons (Fsp3) is 0. The molecule has 0 spiro atoms.